The Hall–Kier alpha value is -3.46. The van der Waals surface area contributed by atoms with Gasteiger partial charge in [0.2, 0.25) is 10.0 Å². The van der Waals surface area contributed by atoms with E-state index in [1.807, 2.05) is 24.3 Å². The smallest absolute Gasteiger partial charge is 0.251 e. The van der Waals surface area contributed by atoms with Gasteiger partial charge in [-0.1, -0.05) is 43.7 Å². The second-order valence-corrected chi connectivity index (χ2v) is 9.94. The molecule has 0 saturated carbocycles. The summed E-state index contributed by atoms with van der Waals surface area (Å²) in [5, 5.41) is 2.76. The Bertz CT molecular complexity index is 1230. The number of hydrogen-bond acceptors (Lipinski definition) is 4. The second kappa shape index (κ2) is 11.8. The second-order valence-electron chi connectivity index (χ2n) is 8.04. The van der Waals surface area contributed by atoms with E-state index in [0.29, 0.717) is 28.6 Å². The number of nitrogens with zero attached hydrogens (tertiary/aromatic N) is 1. The molecule has 0 aromatic heterocycles. The number of carbonyl (C=O) groups is 1. The lowest BCUT2D eigenvalue weighted by molar-refractivity contribution is 0.0947. The summed E-state index contributed by atoms with van der Waals surface area (Å²) in [6, 6.07) is 17.1. The molecule has 0 aliphatic rings. The summed E-state index contributed by atoms with van der Waals surface area (Å²) in [6.07, 6.45) is 2.97. The third-order valence-corrected chi connectivity index (χ3v) is 6.36. The maximum absolute atomic E-state index is 14.2. The van der Waals surface area contributed by atoms with E-state index in [9.17, 15) is 22.0 Å². The Balaban J connectivity index is 1.57. The standard InChI is InChI=1S/C26H28F2N2O4S/c1-3-5-19-10-14-22(15-11-19)34-17-16-29-26(31)21-12-8-20(9-13-21)18-30(35(2,32)33)25-23(27)6-4-7-24(25)28/h4,6-15H,3,5,16-18H2,1-2H3,(H,29,31). The summed E-state index contributed by atoms with van der Waals surface area (Å²) in [5.41, 5.74) is 1.43. The molecule has 0 aliphatic heterocycles. The Kier molecular flexibility index (Phi) is 8.81. The number of benzene rings is 3. The van der Waals surface area contributed by atoms with Crippen LogP contribution >= 0.6 is 0 Å². The zero-order valence-electron chi connectivity index (χ0n) is 19.6. The molecule has 6 nitrogen and oxygen atoms in total. The van der Waals surface area contributed by atoms with Crippen LogP contribution in [0.5, 0.6) is 5.75 Å². The average molecular weight is 503 g/mol. The minimum atomic E-state index is -3.97. The van der Waals surface area contributed by atoms with Crippen LogP contribution in [0.15, 0.2) is 66.7 Å². The summed E-state index contributed by atoms with van der Waals surface area (Å²) in [6.45, 7) is 2.43. The molecule has 0 aliphatic carbocycles. The minimum absolute atomic E-state index is 0.288. The molecule has 35 heavy (non-hydrogen) atoms. The van der Waals surface area contributed by atoms with Gasteiger partial charge in [0.25, 0.3) is 5.91 Å². The molecule has 186 valence electrons. The van der Waals surface area contributed by atoms with Crippen molar-refractivity contribution in [3.05, 3.63) is 95.1 Å². The summed E-state index contributed by atoms with van der Waals surface area (Å²) in [4.78, 5) is 12.4. The van der Waals surface area contributed by atoms with E-state index in [4.69, 9.17) is 4.74 Å². The molecule has 0 bridgehead atoms. The first-order valence-electron chi connectivity index (χ1n) is 11.2. The van der Waals surface area contributed by atoms with Crippen molar-refractivity contribution in [2.75, 3.05) is 23.7 Å². The molecular weight excluding hydrogens is 474 g/mol. The molecule has 0 atom stereocenters. The van der Waals surface area contributed by atoms with Crippen LogP contribution in [-0.2, 0) is 23.0 Å². The van der Waals surface area contributed by atoms with E-state index >= 15 is 0 Å². The Morgan fingerprint density at radius 3 is 2.11 bits per heavy atom. The highest BCUT2D eigenvalue weighted by atomic mass is 32.2. The van der Waals surface area contributed by atoms with Crippen LogP contribution < -0.4 is 14.4 Å². The number of amides is 1. The number of sulfonamides is 1. The van der Waals surface area contributed by atoms with Crippen LogP contribution in [0.3, 0.4) is 0 Å². The van der Waals surface area contributed by atoms with E-state index in [1.54, 1.807) is 12.1 Å². The summed E-state index contributed by atoms with van der Waals surface area (Å²) in [7, 11) is -3.97. The number of aryl methyl sites for hydroxylation is 1. The van der Waals surface area contributed by atoms with Crippen molar-refractivity contribution in [2.45, 2.75) is 26.3 Å². The molecule has 3 aromatic rings. The predicted octanol–water partition coefficient (Wildman–Crippen LogP) is 4.69. The zero-order valence-corrected chi connectivity index (χ0v) is 20.4. The fraction of sp³-hybridized carbons (Fsp3) is 0.269. The van der Waals surface area contributed by atoms with Gasteiger partial charge in [-0.3, -0.25) is 9.10 Å². The predicted molar refractivity (Wildman–Crippen MR) is 132 cm³/mol. The topological polar surface area (TPSA) is 75.7 Å². The van der Waals surface area contributed by atoms with E-state index in [2.05, 4.69) is 12.2 Å². The van der Waals surface area contributed by atoms with Gasteiger partial charge in [-0.25, -0.2) is 17.2 Å². The molecule has 9 heteroatoms. The molecule has 0 heterocycles. The number of carbonyl (C=O) groups excluding carboxylic acids is 1. The lowest BCUT2D eigenvalue weighted by Gasteiger charge is -2.23. The van der Waals surface area contributed by atoms with Crippen LogP contribution in [0.1, 0.15) is 34.8 Å². The highest BCUT2D eigenvalue weighted by Crippen LogP contribution is 2.27. The number of halogens is 2. The highest BCUT2D eigenvalue weighted by Gasteiger charge is 2.24. The van der Waals surface area contributed by atoms with Gasteiger partial charge in [0.05, 0.1) is 19.3 Å². The summed E-state index contributed by atoms with van der Waals surface area (Å²) >= 11 is 0. The van der Waals surface area contributed by atoms with E-state index < -0.39 is 27.3 Å². The molecular formula is C26H28F2N2O4S. The largest absolute Gasteiger partial charge is 0.492 e. The normalized spacial score (nSPS) is 11.2. The van der Waals surface area contributed by atoms with Crippen LogP contribution in [0, 0.1) is 11.6 Å². The van der Waals surface area contributed by atoms with Gasteiger partial charge < -0.3 is 10.1 Å². The van der Waals surface area contributed by atoms with Crippen LogP contribution in [0.4, 0.5) is 14.5 Å². The Morgan fingerprint density at radius 1 is 0.943 bits per heavy atom. The van der Waals surface area contributed by atoms with Gasteiger partial charge in [-0.05, 0) is 53.9 Å². The zero-order chi connectivity index (χ0) is 25.4. The molecule has 0 spiro atoms. The van der Waals surface area contributed by atoms with Gasteiger partial charge in [0.1, 0.15) is 18.0 Å². The number of hydrogen-bond donors (Lipinski definition) is 1. The van der Waals surface area contributed by atoms with Gasteiger partial charge in [0.15, 0.2) is 11.6 Å². The summed E-state index contributed by atoms with van der Waals surface area (Å²) < 4.78 is 59.2. The number of ether oxygens (including phenoxy) is 1. The lowest BCUT2D eigenvalue weighted by Crippen LogP contribution is -2.31. The first-order chi connectivity index (χ1) is 16.7. The molecule has 0 saturated heterocycles. The molecule has 0 fully saturated rings. The first-order valence-corrected chi connectivity index (χ1v) is 13.0. The van der Waals surface area contributed by atoms with Gasteiger partial charge >= 0.3 is 0 Å². The Labute approximate surface area is 204 Å². The molecule has 3 aromatic carbocycles. The fourth-order valence-electron chi connectivity index (χ4n) is 3.49. The highest BCUT2D eigenvalue weighted by molar-refractivity contribution is 7.92. The number of anilines is 1. The summed E-state index contributed by atoms with van der Waals surface area (Å²) in [5.74, 6) is -1.56. The van der Waals surface area contributed by atoms with Crippen molar-refractivity contribution >= 4 is 21.6 Å². The van der Waals surface area contributed by atoms with Crippen molar-refractivity contribution in [2.24, 2.45) is 0 Å². The van der Waals surface area contributed by atoms with E-state index in [0.717, 1.165) is 43.0 Å². The average Bonchev–Trinajstić information content (AvgIpc) is 2.82. The lowest BCUT2D eigenvalue weighted by atomic mass is 10.1. The van der Waals surface area contributed by atoms with Crippen molar-refractivity contribution in [3.63, 3.8) is 0 Å². The molecule has 1 N–H and O–H groups in total. The third kappa shape index (κ3) is 7.26. The van der Waals surface area contributed by atoms with Crippen molar-refractivity contribution in [1.82, 2.24) is 5.32 Å². The maximum atomic E-state index is 14.2. The molecule has 0 radical (unpaired) electrons. The minimum Gasteiger partial charge on any atom is -0.492 e. The van der Waals surface area contributed by atoms with E-state index in [1.165, 1.54) is 17.7 Å². The van der Waals surface area contributed by atoms with Crippen LogP contribution in [0.2, 0.25) is 0 Å². The first kappa shape index (κ1) is 26.2. The van der Waals surface area contributed by atoms with Crippen molar-refractivity contribution in [1.29, 1.82) is 0 Å². The quantitative estimate of drug-likeness (QED) is 0.386. The van der Waals surface area contributed by atoms with E-state index in [-0.39, 0.29) is 12.5 Å². The Morgan fingerprint density at radius 2 is 1.54 bits per heavy atom. The molecule has 1 amide bonds. The van der Waals surface area contributed by atoms with Gasteiger partial charge in [-0.2, -0.15) is 0 Å². The van der Waals surface area contributed by atoms with Gasteiger partial charge in [0, 0.05) is 5.56 Å². The molecule has 3 rings (SSSR count). The van der Waals surface area contributed by atoms with Crippen molar-refractivity contribution < 1.29 is 26.7 Å². The fourth-order valence-corrected chi connectivity index (χ4v) is 4.38. The maximum Gasteiger partial charge on any atom is 0.251 e. The number of rotatable bonds is 11. The van der Waals surface area contributed by atoms with Crippen LogP contribution in [0.25, 0.3) is 0 Å². The number of nitrogens with one attached hydrogen (secondary N) is 1. The third-order valence-electron chi connectivity index (χ3n) is 5.25. The van der Waals surface area contributed by atoms with Crippen molar-refractivity contribution in [3.8, 4) is 5.75 Å². The van der Waals surface area contributed by atoms with Crippen LogP contribution in [-0.4, -0.2) is 33.7 Å². The monoisotopic (exact) mass is 502 g/mol. The molecule has 0 unspecified atom stereocenters. The van der Waals surface area contributed by atoms with Gasteiger partial charge in [-0.15, -0.1) is 0 Å². The SMILES string of the molecule is CCCc1ccc(OCCNC(=O)c2ccc(CN(c3c(F)cccc3F)S(C)(=O)=O)cc2)cc1. The number of para-hydroxylation sites is 1.